The number of aliphatic carboxylic acids is 1. The van der Waals surface area contributed by atoms with Crippen LogP contribution in [0.1, 0.15) is 75.2 Å². The number of carboxylic acids is 1. The summed E-state index contributed by atoms with van der Waals surface area (Å²) in [7, 11) is 0. The van der Waals surface area contributed by atoms with Gasteiger partial charge in [-0.3, -0.25) is 19.2 Å². The van der Waals surface area contributed by atoms with Crippen LogP contribution in [0.4, 0.5) is 0 Å². The van der Waals surface area contributed by atoms with Crippen LogP contribution in [0, 0.1) is 23.7 Å². The van der Waals surface area contributed by atoms with Crippen molar-refractivity contribution in [3.05, 3.63) is 0 Å². The second-order valence-corrected chi connectivity index (χ2v) is 10.8. The molecule has 0 aliphatic heterocycles. The first-order valence-electron chi connectivity index (χ1n) is 10.2. The minimum atomic E-state index is -1.22. The van der Waals surface area contributed by atoms with Crippen molar-refractivity contribution in [2.75, 3.05) is 0 Å². The highest BCUT2D eigenvalue weighted by Crippen LogP contribution is 2.42. The molecule has 1 saturated carbocycles. The van der Waals surface area contributed by atoms with Crippen molar-refractivity contribution in [1.29, 1.82) is 0 Å². The van der Waals surface area contributed by atoms with Crippen LogP contribution in [0.15, 0.2) is 0 Å². The highest BCUT2D eigenvalue weighted by molar-refractivity contribution is 5.87. The van der Waals surface area contributed by atoms with E-state index in [1.165, 1.54) is 0 Å². The average Bonchev–Trinajstić information content (AvgIpc) is 2.48. The second kappa shape index (κ2) is 8.94. The molecule has 4 unspecified atom stereocenters. The summed E-state index contributed by atoms with van der Waals surface area (Å²) in [6.07, 6.45) is -0.372. The van der Waals surface area contributed by atoms with Gasteiger partial charge >= 0.3 is 23.9 Å². The zero-order valence-corrected chi connectivity index (χ0v) is 19.5. The number of rotatable bonds is 4. The topological polar surface area (TPSA) is 116 Å². The normalized spacial score (nSPS) is 25.2. The van der Waals surface area contributed by atoms with Gasteiger partial charge in [0.2, 0.25) is 0 Å². The second-order valence-electron chi connectivity index (χ2n) is 10.8. The molecule has 0 heterocycles. The third-order valence-corrected chi connectivity index (χ3v) is 4.43. The summed E-state index contributed by atoms with van der Waals surface area (Å²) >= 11 is 0. The molecule has 1 N–H and O–H groups in total. The Kier molecular flexibility index (Phi) is 7.72. The van der Waals surface area contributed by atoms with Crippen molar-refractivity contribution in [2.24, 2.45) is 23.7 Å². The van der Waals surface area contributed by atoms with Gasteiger partial charge in [0.25, 0.3) is 0 Å². The Hall–Kier alpha value is -2.12. The SMILES string of the molecule is CC(C)(C)OC(=O)C1CC(C(=O)OC(C)(C)C)C(C(=O)OC(C)(C)C)CC1C(=O)O. The molecule has 0 bridgehead atoms. The largest absolute Gasteiger partial charge is 0.481 e. The Morgan fingerprint density at radius 2 is 0.800 bits per heavy atom. The fourth-order valence-electron chi connectivity index (χ4n) is 3.39. The molecule has 30 heavy (non-hydrogen) atoms. The minimum Gasteiger partial charge on any atom is -0.481 e. The van der Waals surface area contributed by atoms with E-state index in [1.807, 2.05) is 0 Å². The predicted octanol–water partition coefficient (Wildman–Crippen LogP) is 3.35. The molecule has 0 aromatic carbocycles. The van der Waals surface area contributed by atoms with Gasteiger partial charge in [0.15, 0.2) is 0 Å². The van der Waals surface area contributed by atoms with E-state index >= 15 is 0 Å². The van der Waals surface area contributed by atoms with E-state index in [0.29, 0.717) is 0 Å². The van der Waals surface area contributed by atoms with Gasteiger partial charge in [0, 0.05) is 0 Å². The molecule has 4 atom stereocenters. The summed E-state index contributed by atoms with van der Waals surface area (Å²) in [5, 5.41) is 9.72. The lowest BCUT2D eigenvalue weighted by atomic mass is 9.68. The van der Waals surface area contributed by atoms with E-state index in [1.54, 1.807) is 62.3 Å². The van der Waals surface area contributed by atoms with Gasteiger partial charge in [-0.05, 0) is 75.2 Å². The number of ether oxygens (including phenoxy) is 3. The first kappa shape index (κ1) is 25.9. The van der Waals surface area contributed by atoms with Crippen LogP contribution in [0.3, 0.4) is 0 Å². The molecule has 0 amide bonds. The smallest absolute Gasteiger partial charge is 0.310 e. The zero-order chi connectivity index (χ0) is 23.7. The third kappa shape index (κ3) is 7.95. The van der Waals surface area contributed by atoms with Gasteiger partial charge < -0.3 is 19.3 Å². The van der Waals surface area contributed by atoms with E-state index in [0.717, 1.165) is 0 Å². The monoisotopic (exact) mass is 428 g/mol. The average molecular weight is 429 g/mol. The molecule has 0 saturated heterocycles. The Bertz CT molecular complexity index is 675. The molecular formula is C22H36O8. The Labute approximate surface area is 178 Å². The maximum absolute atomic E-state index is 12.9. The zero-order valence-electron chi connectivity index (χ0n) is 19.5. The van der Waals surface area contributed by atoms with Crippen molar-refractivity contribution < 1.29 is 38.5 Å². The summed E-state index contributed by atoms with van der Waals surface area (Å²) in [5.74, 6) is -7.53. The molecule has 1 fully saturated rings. The lowest BCUT2D eigenvalue weighted by molar-refractivity contribution is -0.184. The lowest BCUT2D eigenvalue weighted by Crippen LogP contribution is -2.48. The Morgan fingerprint density at radius 1 is 0.567 bits per heavy atom. The molecule has 0 radical (unpaired) electrons. The van der Waals surface area contributed by atoms with Crippen LogP contribution in [0.25, 0.3) is 0 Å². The van der Waals surface area contributed by atoms with E-state index in [-0.39, 0.29) is 12.8 Å². The summed E-state index contributed by atoms with van der Waals surface area (Å²) < 4.78 is 16.3. The third-order valence-electron chi connectivity index (χ3n) is 4.43. The van der Waals surface area contributed by atoms with Crippen LogP contribution in [0.2, 0.25) is 0 Å². The quantitative estimate of drug-likeness (QED) is 0.535. The van der Waals surface area contributed by atoms with Gasteiger partial charge in [0.05, 0.1) is 23.7 Å². The summed E-state index contributed by atoms with van der Waals surface area (Å²) in [6, 6.07) is 0. The highest BCUT2D eigenvalue weighted by Gasteiger charge is 2.51. The van der Waals surface area contributed by atoms with Crippen LogP contribution < -0.4 is 0 Å². The van der Waals surface area contributed by atoms with Crippen molar-refractivity contribution in [3.8, 4) is 0 Å². The number of esters is 3. The fourth-order valence-corrected chi connectivity index (χ4v) is 3.39. The number of carbonyl (C=O) groups is 4. The molecule has 0 spiro atoms. The molecule has 8 nitrogen and oxygen atoms in total. The van der Waals surface area contributed by atoms with Crippen molar-refractivity contribution in [1.82, 2.24) is 0 Å². The fraction of sp³-hybridized carbons (Fsp3) is 0.818. The Balaban J connectivity index is 3.30. The van der Waals surface area contributed by atoms with E-state index in [2.05, 4.69) is 0 Å². The number of carboxylic acid groups (broad SMARTS) is 1. The lowest BCUT2D eigenvalue weighted by Gasteiger charge is -2.39. The molecule has 8 heteroatoms. The van der Waals surface area contributed by atoms with Gasteiger partial charge in [-0.1, -0.05) is 0 Å². The van der Waals surface area contributed by atoms with E-state index in [9.17, 15) is 24.3 Å². The first-order valence-corrected chi connectivity index (χ1v) is 10.2. The molecule has 1 aliphatic carbocycles. The van der Waals surface area contributed by atoms with Crippen LogP contribution >= 0.6 is 0 Å². The maximum atomic E-state index is 12.9. The highest BCUT2D eigenvalue weighted by atomic mass is 16.6. The van der Waals surface area contributed by atoms with Gasteiger partial charge in [0.1, 0.15) is 16.8 Å². The Morgan fingerprint density at radius 3 is 1.03 bits per heavy atom. The molecule has 0 aromatic rings. The molecular weight excluding hydrogens is 392 g/mol. The van der Waals surface area contributed by atoms with Crippen LogP contribution in [-0.2, 0) is 33.4 Å². The van der Waals surface area contributed by atoms with E-state index in [4.69, 9.17) is 14.2 Å². The van der Waals surface area contributed by atoms with Gasteiger partial charge in [-0.15, -0.1) is 0 Å². The number of hydrogen-bond donors (Lipinski definition) is 1. The predicted molar refractivity (Wildman–Crippen MR) is 108 cm³/mol. The molecule has 172 valence electrons. The van der Waals surface area contributed by atoms with Crippen molar-refractivity contribution in [3.63, 3.8) is 0 Å². The molecule has 0 aromatic heterocycles. The number of hydrogen-bond acceptors (Lipinski definition) is 7. The van der Waals surface area contributed by atoms with Crippen molar-refractivity contribution >= 4 is 23.9 Å². The molecule has 1 rings (SSSR count). The number of carbonyl (C=O) groups excluding carboxylic acids is 3. The summed E-state index contributed by atoms with van der Waals surface area (Å²) in [6.45, 7) is 15.2. The maximum Gasteiger partial charge on any atom is 0.310 e. The summed E-state index contributed by atoms with van der Waals surface area (Å²) in [5.41, 5.74) is -2.43. The van der Waals surface area contributed by atoms with Gasteiger partial charge in [-0.25, -0.2) is 0 Å². The standard InChI is InChI=1S/C22H36O8/c1-20(2,3)28-17(25)13-11-15(19(27)30-22(7,8)9)14(10-12(13)16(23)24)18(26)29-21(4,5)6/h12-15H,10-11H2,1-9H3,(H,23,24). The van der Waals surface area contributed by atoms with Gasteiger partial charge in [-0.2, -0.15) is 0 Å². The van der Waals surface area contributed by atoms with Crippen molar-refractivity contribution in [2.45, 2.75) is 92.0 Å². The molecule has 1 aliphatic rings. The van der Waals surface area contributed by atoms with E-state index < -0.39 is 64.4 Å². The van der Waals surface area contributed by atoms with Crippen LogP contribution in [-0.4, -0.2) is 45.8 Å². The van der Waals surface area contributed by atoms with Crippen LogP contribution in [0.5, 0.6) is 0 Å². The minimum absolute atomic E-state index is 0.162. The first-order chi connectivity index (χ1) is 13.3. The summed E-state index contributed by atoms with van der Waals surface area (Å²) in [4.78, 5) is 50.4.